The molecule has 14 heavy (non-hydrogen) atoms. The summed E-state index contributed by atoms with van der Waals surface area (Å²) in [6.07, 6.45) is 4.70. The van der Waals surface area contributed by atoms with Gasteiger partial charge in [-0.05, 0) is 6.42 Å². The minimum Gasteiger partial charge on any atom is -0.258 e. The molecule has 0 N–H and O–H groups in total. The summed E-state index contributed by atoms with van der Waals surface area (Å²) in [5.74, 6) is 0.953. The van der Waals surface area contributed by atoms with E-state index in [-0.39, 0.29) is 5.69 Å². The molecule has 1 heterocycles. The molecule has 0 aromatic carbocycles. The van der Waals surface area contributed by atoms with Crippen LogP contribution in [0.4, 0.5) is 5.69 Å². The first kappa shape index (κ1) is 10.9. The van der Waals surface area contributed by atoms with Crippen LogP contribution < -0.4 is 0 Å². The lowest BCUT2D eigenvalue weighted by Gasteiger charge is -1.97. The Morgan fingerprint density at radius 1 is 1.50 bits per heavy atom. The molecule has 6 heteroatoms. The van der Waals surface area contributed by atoms with E-state index in [0.29, 0.717) is 5.16 Å². The maximum absolute atomic E-state index is 10.3. The summed E-state index contributed by atoms with van der Waals surface area (Å²) in [6.45, 7) is 2.11. The Hall–Kier alpha value is -1.17. The summed E-state index contributed by atoms with van der Waals surface area (Å²) >= 11 is 1.52. The Morgan fingerprint density at radius 3 is 2.64 bits per heavy atom. The van der Waals surface area contributed by atoms with E-state index in [1.807, 2.05) is 0 Å². The van der Waals surface area contributed by atoms with Gasteiger partial charge in [-0.25, -0.2) is 9.97 Å². The van der Waals surface area contributed by atoms with Crippen LogP contribution >= 0.6 is 11.8 Å². The van der Waals surface area contributed by atoms with E-state index in [1.54, 1.807) is 0 Å². The van der Waals surface area contributed by atoms with Crippen LogP contribution in [0.1, 0.15) is 19.8 Å². The zero-order valence-electron chi connectivity index (χ0n) is 7.84. The van der Waals surface area contributed by atoms with Crippen molar-refractivity contribution in [2.75, 3.05) is 5.75 Å². The number of nitro groups is 1. The highest BCUT2D eigenvalue weighted by Gasteiger charge is 2.06. The average Bonchev–Trinajstić information content (AvgIpc) is 2.19. The predicted octanol–water partition coefficient (Wildman–Crippen LogP) is 2.28. The van der Waals surface area contributed by atoms with Crippen molar-refractivity contribution < 1.29 is 4.92 Å². The zero-order valence-corrected chi connectivity index (χ0v) is 8.66. The number of nitrogens with zero attached hydrogens (tertiary/aromatic N) is 3. The highest BCUT2D eigenvalue weighted by Crippen LogP contribution is 2.15. The van der Waals surface area contributed by atoms with Gasteiger partial charge >= 0.3 is 5.69 Å². The lowest BCUT2D eigenvalue weighted by molar-refractivity contribution is -0.385. The number of thioether (sulfide) groups is 1. The fourth-order valence-corrected chi connectivity index (χ4v) is 1.66. The van der Waals surface area contributed by atoms with E-state index >= 15 is 0 Å². The van der Waals surface area contributed by atoms with Gasteiger partial charge in [0.1, 0.15) is 12.4 Å². The van der Waals surface area contributed by atoms with E-state index in [4.69, 9.17) is 0 Å². The van der Waals surface area contributed by atoms with Gasteiger partial charge in [-0.3, -0.25) is 10.1 Å². The van der Waals surface area contributed by atoms with Gasteiger partial charge in [-0.2, -0.15) is 0 Å². The SMILES string of the molecule is CCCCSc1ncc([N+](=O)[O-])cn1. The van der Waals surface area contributed by atoms with Crippen molar-refractivity contribution in [2.24, 2.45) is 0 Å². The van der Waals surface area contributed by atoms with Crippen LogP contribution in [-0.4, -0.2) is 20.6 Å². The van der Waals surface area contributed by atoms with Gasteiger partial charge < -0.3 is 0 Å². The van der Waals surface area contributed by atoms with Crippen molar-refractivity contribution in [3.05, 3.63) is 22.5 Å². The Labute approximate surface area is 86.1 Å². The molecule has 0 amide bonds. The first-order valence-corrected chi connectivity index (χ1v) is 5.32. The standard InChI is InChI=1S/C8H11N3O2S/c1-2-3-4-14-8-9-5-7(6-10-8)11(12)13/h5-6H,2-4H2,1H3. The molecular formula is C8H11N3O2S. The van der Waals surface area contributed by atoms with Crippen LogP contribution in [0.2, 0.25) is 0 Å². The molecule has 0 spiro atoms. The second kappa shape index (κ2) is 5.54. The largest absolute Gasteiger partial charge is 0.305 e. The van der Waals surface area contributed by atoms with Crippen LogP contribution in [0.3, 0.4) is 0 Å². The molecule has 0 atom stereocenters. The lowest BCUT2D eigenvalue weighted by atomic mass is 10.4. The Bertz CT molecular complexity index is 302. The molecule has 0 aliphatic rings. The van der Waals surface area contributed by atoms with E-state index in [0.717, 1.165) is 18.6 Å². The number of unbranched alkanes of at least 4 members (excludes halogenated alkanes) is 1. The van der Waals surface area contributed by atoms with Crippen LogP contribution in [0.25, 0.3) is 0 Å². The zero-order chi connectivity index (χ0) is 10.4. The lowest BCUT2D eigenvalue weighted by Crippen LogP contribution is -1.92. The van der Waals surface area contributed by atoms with Crippen molar-refractivity contribution in [1.82, 2.24) is 9.97 Å². The second-order valence-electron chi connectivity index (χ2n) is 2.68. The minimum atomic E-state index is -0.500. The minimum absolute atomic E-state index is 0.0650. The summed E-state index contributed by atoms with van der Waals surface area (Å²) in [6, 6.07) is 0. The van der Waals surface area contributed by atoms with Crippen LogP contribution in [0, 0.1) is 10.1 Å². The molecule has 0 unspecified atom stereocenters. The second-order valence-corrected chi connectivity index (χ2v) is 3.75. The molecule has 1 aromatic heterocycles. The quantitative estimate of drug-likeness (QED) is 0.247. The number of hydrogen-bond donors (Lipinski definition) is 0. The van der Waals surface area contributed by atoms with Crippen LogP contribution in [-0.2, 0) is 0 Å². The van der Waals surface area contributed by atoms with Gasteiger partial charge in [0.15, 0.2) is 5.16 Å². The molecule has 0 bridgehead atoms. The van der Waals surface area contributed by atoms with Crippen molar-refractivity contribution in [3.8, 4) is 0 Å². The number of rotatable bonds is 5. The van der Waals surface area contributed by atoms with E-state index < -0.39 is 4.92 Å². The molecule has 0 saturated heterocycles. The van der Waals surface area contributed by atoms with Gasteiger partial charge in [0.2, 0.25) is 0 Å². The normalized spacial score (nSPS) is 10.1. The molecular weight excluding hydrogens is 202 g/mol. The van der Waals surface area contributed by atoms with Crippen LogP contribution in [0.15, 0.2) is 17.6 Å². The van der Waals surface area contributed by atoms with Gasteiger partial charge in [-0.15, -0.1) is 0 Å². The Balaban J connectivity index is 2.51. The van der Waals surface area contributed by atoms with Crippen molar-refractivity contribution >= 4 is 17.4 Å². The maximum Gasteiger partial charge on any atom is 0.305 e. The summed E-state index contributed by atoms with van der Waals surface area (Å²) in [5.41, 5.74) is -0.0650. The molecule has 5 nitrogen and oxygen atoms in total. The van der Waals surface area contributed by atoms with E-state index in [1.165, 1.54) is 24.2 Å². The highest BCUT2D eigenvalue weighted by atomic mass is 32.2. The Kier molecular flexibility index (Phi) is 4.31. The highest BCUT2D eigenvalue weighted by molar-refractivity contribution is 7.99. The fraction of sp³-hybridized carbons (Fsp3) is 0.500. The average molecular weight is 213 g/mol. The van der Waals surface area contributed by atoms with Crippen LogP contribution in [0.5, 0.6) is 0 Å². The monoisotopic (exact) mass is 213 g/mol. The summed E-state index contributed by atoms with van der Waals surface area (Å²) in [7, 11) is 0. The fourth-order valence-electron chi connectivity index (χ4n) is 0.786. The van der Waals surface area contributed by atoms with Gasteiger partial charge in [0.05, 0.1) is 4.92 Å². The summed E-state index contributed by atoms with van der Waals surface area (Å²) in [4.78, 5) is 17.6. The molecule has 0 aliphatic heterocycles. The molecule has 76 valence electrons. The summed E-state index contributed by atoms with van der Waals surface area (Å²) < 4.78 is 0. The smallest absolute Gasteiger partial charge is 0.258 e. The molecule has 1 rings (SSSR count). The van der Waals surface area contributed by atoms with Gasteiger partial charge in [-0.1, -0.05) is 25.1 Å². The molecule has 0 radical (unpaired) electrons. The van der Waals surface area contributed by atoms with E-state index in [2.05, 4.69) is 16.9 Å². The topological polar surface area (TPSA) is 68.9 Å². The third-order valence-corrected chi connectivity index (χ3v) is 2.52. The van der Waals surface area contributed by atoms with Crippen molar-refractivity contribution in [3.63, 3.8) is 0 Å². The third-order valence-electron chi connectivity index (χ3n) is 1.55. The third kappa shape index (κ3) is 3.29. The Morgan fingerprint density at radius 2 is 2.14 bits per heavy atom. The van der Waals surface area contributed by atoms with Gasteiger partial charge in [0, 0.05) is 5.75 Å². The number of hydrogen-bond acceptors (Lipinski definition) is 5. The van der Waals surface area contributed by atoms with Crippen molar-refractivity contribution in [1.29, 1.82) is 0 Å². The first-order valence-electron chi connectivity index (χ1n) is 4.33. The molecule has 0 aliphatic carbocycles. The summed E-state index contributed by atoms with van der Waals surface area (Å²) in [5, 5.41) is 10.9. The maximum atomic E-state index is 10.3. The first-order chi connectivity index (χ1) is 6.74. The van der Waals surface area contributed by atoms with Crippen molar-refractivity contribution in [2.45, 2.75) is 24.9 Å². The molecule has 0 fully saturated rings. The molecule has 1 aromatic rings. The van der Waals surface area contributed by atoms with E-state index in [9.17, 15) is 10.1 Å². The van der Waals surface area contributed by atoms with Gasteiger partial charge in [0.25, 0.3) is 0 Å². The molecule has 0 saturated carbocycles. The number of aromatic nitrogens is 2. The predicted molar refractivity (Wildman–Crippen MR) is 54.3 cm³/mol.